The second-order valence-corrected chi connectivity index (χ2v) is 3.87. The molecule has 0 unspecified atom stereocenters. The predicted octanol–water partition coefficient (Wildman–Crippen LogP) is 1.14. The summed E-state index contributed by atoms with van der Waals surface area (Å²) in [5.41, 5.74) is 0. The molecule has 1 heterocycles. The van der Waals surface area contributed by atoms with Gasteiger partial charge in [0.1, 0.15) is 0 Å². The molecule has 0 atom stereocenters. The van der Waals surface area contributed by atoms with Crippen molar-refractivity contribution in [3.05, 3.63) is 11.8 Å². The molecule has 0 aliphatic rings. The third-order valence-electron chi connectivity index (χ3n) is 2.75. The number of rotatable bonds is 8. The van der Waals surface area contributed by atoms with E-state index in [9.17, 15) is 4.79 Å². The highest BCUT2D eigenvalue weighted by molar-refractivity contribution is 5.91. The molecule has 6 nitrogen and oxygen atoms in total. The van der Waals surface area contributed by atoms with Crippen LogP contribution >= 0.6 is 0 Å². The molecule has 6 heteroatoms. The summed E-state index contributed by atoms with van der Waals surface area (Å²) in [6.45, 7) is 7.92. The summed E-state index contributed by atoms with van der Waals surface area (Å²) in [4.78, 5) is 14.0. The number of methoxy groups -OCH3 is 1. The summed E-state index contributed by atoms with van der Waals surface area (Å²) >= 11 is 0. The predicted molar refractivity (Wildman–Crippen MR) is 67.8 cm³/mol. The minimum Gasteiger partial charge on any atom is -0.479 e. The molecule has 0 aliphatic heterocycles. The molecule has 1 N–H and O–H groups in total. The maximum Gasteiger partial charge on any atom is 0.290 e. The van der Waals surface area contributed by atoms with Gasteiger partial charge in [-0.2, -0.15) is 0 Å². The summed E-state index contributed by atoms with van der Waals surface area (Å²) < 4.78 is 9.68. The Morgan fingerprint density at radius 3 is 2.78 bits per heavy atom. The zero-order chi connectivity index (χ0) is 13.4. The summed E-state index contributed by atoms with van der Waals surface area (Å²) in [7, 11) is 1.48. The van der Waals surface area contributed by atoms with Crippen LogP contribution in [-0.4, -0.2) is 49.3 Å². The average molecular weight is 255 g/mol. The lowest BCUT2D eigenvalue weighted by Crippen LogP contribution is -2.29. The molecule has 0 fully saturated rings. The SMILES string of the molecule is CCN(CC)CCCNC(=O)c1cc(OC)no1. The topological polar surface area (TPSA) is 67.6 Å². The van der Waals surface area contributed by atoms with E-state index in [4.69, 9.17) is 9.26 Å². The molecule has 0 saturated carbocycles. The molecular weight excluding hydrogens is 234 g/mol. The van der Waals surface area contributed by atoms with Crippen LogP contribution in [0.15, 0.2) is 10.6 Å². The van der Waals surface area contributed by atoms with Gasteiger partial charge in [-0.1, -0.05) is 13.8 Å². The zero-order valence-corrected chi connectivity index (χ0v) is 11.2. The number of ether oxygens (including phenoxy) is 1. The van der Waals surface area contributed by atoms with E-state index in [-0.39, 0.29) is 11.7 Å². The fraction of sp³-hybridized carbons (Fsp3) is 0.667. The summed E-state index contributed by atoms with van der Waals surface area (Å²) in [6, 6.07) is 1.47. The Hall–Kier alpha value is -1.56. The standard InChI is InChI=1S/C12H21N3O3/c1-4-15(5-2)8-6-7-13-12(16)10-9-11(17-3)14-18-10/h9H,4-8H2,1-3H3,(H,13,16). The number of aromatic nitrogens is 1. The first kappa shape index (κ1) is 14.5. The minimum absolute atomic E-state index is 0.176. The molecule has 18 heavy (non-hydrogen) atoms. The van der Waals surface area contributed by atoms with Crippen molar-refractivity contribution >= 4 is 5.91 Å². The van der Waals surface area contributed by atoms with Crippen LogP contribution in [0.1, 0.15) is 30.8 Å². The second kappa shape index (κ2) is 7.71. The molecule has 102 valence electrons. The first-order valence-electron chi connectivity index (χ1n) is 6.22. The van der Waals surface area contributed by atoms with Gasteiger partial charge in [0.05, 0.1) is 13.2 Å². The van der Waals surface area contributed by atoms with Crippen molar-refractivity contribution < 1.29 is 14.1 Å². The van der Waals surface area contributed by atoms with E-state index >= 15 is 0 Å². The number of nitrogens with one attached hydrogen (secondary N) is 1. The van der Waals surface area contributed by atoms with Crippen LogP contribution in [0.4, 0.5) is 0 Å². The van der Waals surface area contributed by atoms with Crippen LogP contribution in [0.25, 0.3) is 0 Å². The van der Waals surface area contributed by atoms with Gasteiger partial charge in [-0.05, 0) is 31.2 Å². The zero-order valence-electron chi connectivity index (χ0n) is 11.2. The number of carbonyl (C=O) groups is 1. The van der Waals surface area contributed by atoms with Gasteiger partial charge in [0.25, 0.3) is 11.8 Å². The maximum absolute atomic E-state index is 11.6. The van der Waals surface area contributed by atoms with E-state index in [1.807, 2.05) is 0 Å². The van der Waals surface area contributed by atoms with E-state index in [2.05, 4.69) is 29.2 Å². The van der Waals surface area contributed by atoms with Crippen molar-refractivity contribution in [2.45, 2.75) is 20.3 Å². The summed E-state index contributed by atoms with van der Waals surface area (Å²) in [5.74, 6) is 0.225. The number of hydrogen-bond acceptors (Lipinski definition) is 5. The molecule has 1 amide bonds. The average Bonchev–Trinajstić information content (AvgIpc) is 2.87. The number of nitrogens with zero attached hydrogens (tertiary/aromatic N) is 2. The van der Waals surface area contributed by atoms with E-state index < -0.39 is 0 Å². The van der Waals surface area contributed by atoms with Crippen molar-refractivity contribution in [1.29, 1.82) is 0 Å². The van der Waals surface area contributed by atoms with Crippen molar-refractivity contribution in [2.75, 3.05) is 33.3 Å². The largest absolute Gasteiger partial charge is 0.479 e. The van der Waals surface area contributed by atoms with Crippen LogP contribution in [0.3, 0.4) is 0 Å². The Labute approximate surface area is 107 Å². The van der Waals surface area contributed by atoms with Gasteiger partial charge in [0.2, 0.25) is 5.76 Å². The fourth-order valence-corrected chi connectivity index (χ4v) is 1.59. The van der Waals surface area contributed by atoms with Gasteiger partial charge in [-0.15, -0.1) is 0 Å². The quantitative estimate of drug-likeness (QED) is 0.706. The molecule has 1 aromatic rings. The van der Waals surface area contributed by atoms with Gasteiger partial charge < -0.3 is 19.5 Å². The third kappa shape index (κ3) is 4.37. The molecule has 0 aliphatic carbocycles. The highest BCUT2D eigenvalue weighted by Crippen LogP contribution is 2.09. The Balaban J connectivity index is 2.25. The summed E-state index contributed by atoms with van der Waals surface area (Å²) in [5, 5.41) is 6.36. The Morgan fingerprint density at radius 2 is 2.22 bits per heavy atom. The van der Waals surface area contributed by atoms with Gasteiger partial charge >= 0.3 is 0 Å². The maximum atomic E-state index is 11.6. The minimum atomic E-state index is -0.259. The van der Waals surface area contributed by atoms with Crippen LogP contribution in [0.5, 0.6) is 5.88 Å². The Kier molecular flexibility index (Phi) is 6.21. The lowest BCUT2D eigenvalue weighted by Gasteiger charge is -2.17. The van der Waals surface area contributed by atoms with Crippen molar-refractivity contribution in [1.82, 2.24) is 15.4 Å². The van der Waals surface area contributed by atoms with Crippen LogP contribution in [0.2, 0.25) is 0 Å². The lowest BCUT2D eigenvalue weighted by molar-refractivity contribution is 0.0914. The van der Waals surface area contributed by atoms with Crippen molar-refractivity contribution in [2.24, 2.45) is 0 Å². The van der Waals surface area contributed by atoms with Crippen LogP contribution in [0, 0.1) is 0 Å². The normalized spacial score (nSPS) is 10.7. The van der Waals surface area contributed by atoms with Gasteiger partial charge in [0.15, 0.2) is 0 Å². The Morgan fingerprint density at radius 1 is 1.50 bits per heavy atom. The Bertz CT molecular complexity index is 361. The van der Waals surface area contributed by atoms with Crippen LogP contribution in [-0.2, 0) is 0 Å². The van der Waals surface area contributed by atoms with E-state index in [1.165, 1.54) is 13.2 Å². The smallest absolute Gasteiger partial charge is 0.290 e. The lowest BCUT2D eigenvalue weighted by atomic mass is 10.3. The number of carbonyl (C=O) groups excluding carboxylic acids is 1. The molecule has 0 spiro atoms. The fourth-order valence-electron chi connectivity index (χ4n) is 1.59. The van der Waals surface area contributed by atoms with E-state index in [1.54, 1.807) is 0 Å². The number of amides is 1. The van der Waals surface area contributed by atoms with Gasteiger partial charge in [-0.3, -0.25) is 4.79 Å². The molecule has 1 aromatic heterocycles. The molecule has 0 radical (unpaired) electrons. The monoisotopic (exact) mass is 255 g/mol. The molecule has 0 aromatic carbocycles. The highest BCUT2D eigenvalue weighted by atomic mass is 16.5. The van der Waals surface area contributed by atoms with Gasteiger partial charge in [0, 0.05) is 6.54 Å². The van der Waals surface area contributed by atoms with Crippen molar-refractivity contribution in [3.63, 3.8) is 0 Å². The van der Waals surface area contributed by atoms with Gasteiger partial charge in [-0.25, -0.2) is 0 Å². The molecular formula is C12H21N3O3. The highest BCUT2D eigenvalue weighted by Gasteiger charge is 2.12. The van der Waals surface area contributed by atoms with E-state index in [0.717, 1.165) is 26.1 Å². The molecule has 0 bridgehead atoms. The van der Waals surface area contributed by atoms with Crippen LogP contribution < -0.4 is 10.1 Å². The van der Waals surface area contributed by atoms with E-state index in [0.29, 0.717) is 12.4 Å². The molecule has 0 saturated heterocycles. The van der Waals surface area contributed by atoms with Crippen molar-refractivity contribution in [3.8, 4) is 5.88 Å². The second-order valence-electron chi connectivity index (χ2n) is 3.87. The number of hydrogen-bond donors (Lipinski definition) is 1. The first-order chi connectivity index (χ1) is 8.71. The molecule has 1 rings (SSSR count). The summed E-state index contributed by atoms with van der Waals surface area (Å²) in [6.07, 6.45) is 0.915. The third-order valence-corrected chi connectivity index (χ3v) is 2.75. The first-order valence-corrected chi connectivity index (χ1v) is 6.22.